The highest BCUT2D eigenvalue weighted by Gasteiger charge is 2.32. The molecule has 0 bridgehead atoms. The number of rotatable bonds is 6. The number of nitrogens with two attached hydrogens (primary N) is 1. The molecule has 1 amide bonds. The van der Waals surface area contributed by atoms with E-state index < -0.39 is 6.04 Å². The van der Waals surface area contributed by atoms with Crippen molar-refractivity contribution in [3.63, 3.8) is 0 Å². The number of hydrogen-bond acceptors (Lipinski definition) is 5. The summed E-state index contributed by atoms with van der Waals surface area (Å²) in [5.74, 6) is -0.580. The highest BCUT2D eigenvalue weighted by atomic mass is 16.4. The summed E-state index contributed by atoms with van der Waals surface area (Å²) in [7, 11) is 0. The summed E-state index contributed by atoms with van der Waals surface area (Å²) in [5.41, 5.74) is 7.30. The Bertz CT molecular complexity index is 722. The maximum Gasteiger partial charge on any atom is 0.266 e. The molecule has 1 aromatic heterocycles. The summed E-state index contributed by atoms with van der Waals surface area (Å²) in [5, 5.41) is 2.89. The molecule has 0 radical (unpaired) electrons. The number of nitrogens with one attached hydrogen (secondary N) is 1. The van der Waals surface area contributed by atoms with Crippen LogP contribution in [0.4, 0.5) is 0 Å². The Kier molecular flexibility index (Phi) is 5.48. The van der Waals surface area contributed by atoms with Crippen LogP contribution in [0.15, 0.2) is 28.7 Å². The van der Waals surface area contributed by atoms with Gasteiger partial charge in [0.25, 0.3) is 5.89 Å². The molecule has 1 saturated carbocycles. The number of carbonyl (C=O) groups is 2. The van der Waals surface area contributed by atoms with Crippen LogP contribution in [0.2, 0.25) is 0 Å². The van der Waals surface area contributed by atoms with Crippen LogP contribution in [0.5, 0.6) is 0 Å². The molecule has 2 aromatic rings. The van der Waals surface area contributed by atoms with Crippen LogP contribution >= 0.6 is 0 Å². The quantitative estimate of drug-likeness (QED) is 0.786. The van der Waals surface area contributed by atoms with Gasteiger partial charge < -0.3 is 15.5 Å². The number of hydrogen-bond donors (Lipinski definition) is 2. The molecule has 0 unspecified atom stereocenters. The van der Waals surface area contributed by atoms with Crippen LogP contribution < -0.4 is 11.1 Å². The zero-order valence-corrected chi connectivity index (χ0v) is 14.5. The van der Waals surface area contributed by atoms with Crippen molar-refractivity contribution in [1.29, 1.82) is 0 Å². The molecule has 0 saturated heterocycles. The second kappa shape index (κ2) is 7.78. The predicted octanol–water partition coefficient (Wildman–Crippen LogP) is 2.81. The van der Waals surface area contributed by atoms with Gasteiger partial charge in [-0.2, -0.15) is 0 Å². The lowest BCUT2D eigenvalue weighted by Crippen LogP contribution is -2.49. The number of amides is 1. The zero-order valence-electron chi connectivity index (χ0n) is 14.5. The van der Waals surface area contributed by atoms with Gasteiger partial charge in [-0.15, -0.1) is 0 Å². The molecule has 1 aliphatic rings. The minimum absolute atomic E-state index is 0.0490. The van der Waals surface area contributed by atoms with Crippen molar-refractivity contribution in [2.75, 3.05) is 0 Å². The number of benzene rings is 1. The smallest absolute Gasteiger partial charge is 0.266 e. The third kappa shape index (κ3) is 3.90. The third-order valence-electron chi connectivity index (χ3n) is 4.87. The van der Waals surface area contributed by atoms with E-state index in [1.165, 1.54) is 0 Å². The maximum absolute atomic E-state index is 12.8. The van der Waals surface area contributed by atoms with Gasteiger partial charge in [0.05, 0.1) is 12.0 Å². The molecule has 3 N–H and O–H groups in total. The van der Waals surface area contributed by atoms with Crippen molar-refractivity contribution >= 4 is 22.8 Å². The maximum atomic E-state index is 12.8. The number of Topliss-reactive ketones (excluding diaryl/α,β-unsaturated/α-hetero) is 1. The first-order valence-electron chi connectivity index (χ1n) is 9.06. The molecule has 3 rings (SSSR count). The first kappa shape index (κ1) is 17.6. The van der Waals surface area contributed by atoms with Crippen LogP contribution in [0.25, 0.3) is 11.1 Å². The molecule has 6 heteroatoms. The minimum Gasteiger partial charge on any atom is -0.434 e. The molecular weight excluding hydrogens is 318 g/mol. The van der Waals surface area contributed by atoms with Crippen LogP contribution in [-0.2, 0) is 4.79 Å². The first-order valence-corrected chi connectivity index (χ1v) is 9.06. The lowest BCUT2D eigenvalue weighted by atomic mass is 9.84. The van der Waals surface area contributed by atoms with E-state index in [-0.39, 0.29) is 29.5 Å². The van der Waals surface area contributed by atoms with Gasteiger partial charge in [0.15, 0.2) is 5.58 Å². The SMILES string of the molecule is CCC[C@H](NC(=O)[C@@H]1CCCC[C@@H]1N)C(=O)c1nc2ccccc2o1. The van der Waals surface area contributed by atoms with E-state index in [1.54, 1.807) is 12.1 Å². The molecule has 25 heavy (non-hydrogen) atoms. The highest BCUT2D eigenvalue weighted by Crippen LogP contribution is 2.24. The van der Waals surface area contributed by atoms with Crippen LogP contribution in [0.3, 0.4) is 0 Å². The van der Waals surface area contributed by atoms with E-state index in [0.717, 1.165) is 32.1 Å². The highest BCUT2D eigenvalue weighted by molar-refractivity contribution is 6.00. The monoisotopic (exact) mass is 343 g/mol. The summed E-state index contributed by atoms with van der Waals surface area (Å²) >= 11 is 0. The third-order valence-corrected chi connectivity index (χ3v) is 4.87. The van der Waals surface area contributed by atoms with Crippen LogP contribution in [0.1, 0.15) is 56.1 Å². The largest absolute Gasteiger partial charge is 0.434 e. The lowest BCUT2D eigenvalue weighted by molar-refractivity contribution is -0.127. The normalized spacial score (nSPS) is 21.8. The Morgan fingerprint density at radius 3 is 2.80 bits per heavy atom. The summed E-state index contributed by atoms with van der Waals surface area (Å²) in [6.45, 7) is 1.98. The van der Waals surface area contributed by atoms with Gasteiger partial charge in [-0.3, -0.25) is 9.59 Å². The Hall–Kier alpha value is -2.21. The molecule has 134 valence electrons. The lowest BCUT2D eigenvalue weighted by Gasteiger charge is -2.29. The van der Waals surface area contributed by atoms with Crippen LogP contribution in [-0.4, -0.2) is 28.8 Å². The van der Waals surface area contributed by atoms with Crippen molar-refractivity contribution in [2.24, 2.45) is 11.7 Å². The first-order chi connectivity index (χ1) is 12.1. The average molecular weight is 343 g/mol. The fourth-order valence-corrected chi connectivity index (χ4v) is 3.45. The molecule has 1 aromatic carbocycles. The molecule has 1 aliphatic carbocycles. The van der Waals surface area contributed by atoms with E-state index in [2.05, 4.69) is 10.3 Å². The van der Waals surface area contributed by atoms with Gasteiger partial charge in [0.2, 0.25) is 11.7 Å². The fraction of sp³-hybridized carbons (Fsp3) is 0.526. The van der Waals surface area contributed by atoms with E-state index in [9.17, 15) is 9.59 Å². The Balaban J connectivity index is 1.75. The second-order valence-corrected chi connectivity index (χ2v) is 6.76. The molecule has 0 spiro atoms. The van der Waals surface area contributed by atoms with Crippen molar-refractivity contribution in [2.45, 2.75) is 57.5 Å². The Labute approximate surface area is 147 Å². The minimum atomic E-state index is -0.625. The summed E-state index contributed by atoms with van der Waals surface area (Å²) in [6.07, 6.45) is 5.02. The number of aromatic nitrogens is 1. The fourth-order valence-electron chi connectivity index (χ4n) is 3.45. The van der Waals surface area contributed by atoms with Gasteiger partial charge in [0, 0.05) is 6.04 Å². The molecular formula is C19H25N3O3. The molecule has 1 heterocycles. The van der Waals surface area contributed by atoms with Crippen LogP contribution in [0, 0.1) is 5.92 Å². The van der Waals surface area contributed by atoms with E-state index in [1.807, 2.05) is 19.1 Å². The van der Waals surface area contributed by atoms with Gasteiger partial charge in [-0.25, -0.2) is 4.98 Å². The van der Waals surface area contributed by atoms with E-state index >= 15 is 0 Å². The van der Waals surface area contributed by atoms with Crippen molar-refractivity contribution in [3.05, 3.63) is 30.2 Å². The molecule has 0 aliphatic heterocycles. The summed E-state index contributed by atoms with van der Waals surface area (Å²) < 4.78 is 5.57. The number of carbonyl (C=O) groups excluding carboxylic acids is 2. The topological polar surface area (TPSA) is 98.2 Å². The number of nitrogens with zero attached hydrogens (tertiary/aromatic N) is 1. The predicted molar refractivity (Wildman–Crippen MR) is 95.1 cm³/mol. The standard InChI is InChI=1S/C19H25N3O3/c1-2-7-15(21-18(24)12-8-3-4-9-13(12)20)17(23)19-22-14-10-5-6-11-16(14)25-19/h5-6,10-13,15H,2-4,7-9,20H2,1H3,(H,21,24)/t12-,13+,15+/m1/s1. The Morgan fingerprint density at radius 1 is 1.32 bits per heavy atom. The number of ketones is 1. The molecule has 3 atom stereocenters. The van der Waals surface area contributed by atoms with E-state index in [4.69, 9.17) is 10.2 Å². The van der Waals surface area contributed by atoms with Crippen molar-refractivity contribution in [3.8, 4) is 0 Å². The number of para-hydroxylation sites is 2. The zero-order chi connectivity index (χ0) is 17.8. The van der Waals surface area contributed by atoms with Crippen molar-refractivity contribution < 1.29 is 14.0 Å². The average Bonchev–Trinajstić information content (AvgIpc) is 3.05. The second-order valence-electron chi connectivity index (χ2n) is 6.76. The Morgan fingerprint density at radius 2 is 2.08 bits per heavy atom. The number of oxazole rings is 1. The van der Waals surface area contributed by atoms with Gasteiger partial charge in [-0.05, 0) is 31.4 Å². The summed E-state index contributed by atoms with van der Waals surface area (Å²) in [4.78, 5) is 29.7. The van der Waals surface area contributed by atoms with Gasteiger partial charge >= 0.3 is 0 Å². The summed E-state index contributed by atoms with van der Waals surface area (Å²) in [6, 6.07) is 6.49. The van der Waals surface area contributed by atoms with Gasteiger partial charge in [-0.1, -0.05) is 38.3 Å². The molecule has 6 nitrogen and oxygen atoms in total. The number of fused-ring (bicyclic) bond motifs is 1. The van der Waals surface area contributed by atoms with Gasteiger partial charge in [0.1, 0.15) is 5.52 Å². The van der Waals surface area contributed by atoms with Crippen molar-refractivity contribution in [1.82, 2.24) is 10.3 Å². The van der Waals surface area contributed by atoms with E-state index in [0.29, 0.717) is 17.5 Å². The molecule has 1 fully saturated rings.